The largest absolute Gasteiger partial charge is 0.497 e. The van der Waals surface area contributed by atoms with Crippen molar-refractivity contribution in [2.75, 3.05) is 46.4 Å². The Labute approximate surface area is 186 Å². The van der Waals surface area contributed by atoms with Crippen molar-refractivity contribution in [3.63, 3.8) is 0 Å². The topological polar surface area (TPSA) is 69.1 Å². The van der Waals surface area contributed by atoms with E-state index in [2.05, 4.69) is 21.7 Å². The van der Waals surface area contributed by atoms with Crippen molar-refractivity contribution in [1.82, 2.24) is 14.8 Å². The van der Waals surface area contributed by atoms with Gasteiger partial charge in [0.2, 0.25) is 0 Å². The van der Waals surface area contributed by atoms with E-state index in [4.69, 9.17) is 4.74 Å². The Balaban J connectivity index is 1.62. The molecule has 2 unspecified atom stereocenters. The summed E-state index contributed by atoms with van der Waals surface area (Å²) in [6.07, 6.45) is 8.37. The lowest BCUT2D eigenvalue weighted by Crippen LogP contribution is -2.54. The molecule has 0 bridgehead atoms. The average molecular weight is 430 g/mol. The Hall–Kier alpha value is -1.73. The van der Waals surface area contributed by atoms with E-state index in [1.54, 1.807) is 13.3 Å². The van der Waals surface area contributed by atoms with Crippen LogP contribution in [0.5, 0.6) is 5.75 Å². The summed E-state index contributed by atoms with van der Waals surface area (Å²) < 4.78 is 5.37. The van der Waals surface area contributed by atoms with Gasteiger partial charge in [0, 0.05) is 50.4 Å². The van der Waals surface area contributed by atoms with Crippen LogP contribution in [0.2, 0.25) is 0 Å². The number of nitrogens with zero attached hydrogens (tertiary/aromatic N) is 3. The van der Waals surface area contributed by atoms with Crippen LogP contribution in [0.4, 0.5) is 0 Å². The summed E-state index contributed by atoms with van der Waals surface area (Å²) in [6, 6.07) is 7.94. The fourth-order valence-corrected chi connectivity index (χ4v) is 4.65. The van der Waals surface area contributed by atoms with Crippen molar-refractivity contribution in [2.24, 2.45) is 0 Å². The van der Waals surface area contributed by atoms with Gasteiger partial charge >= 0.3 is 0 Å². The van der Waals surface area contributed by atoms with Crippen molar-refractivity contribution in [1.29, 1.82) is 0 Å². The van der Waals surface area contributed by atoms with Gasteiger partial charge in [0.05, 0.1) is 18.7 Å². The molecule has 0 amide bonds. The van der Waals surface area contributed by atoms with E-state index in [1.165, 1.54) is 32.1 Å². The molecule has 3 rings (SSSR count). The number of fused-ring (bicyclic) bond motifs is 1. The number of rotatable bonds is 12. The van der Waals surface area contributed by atoms with E-state index in [-0.39, 0.29) is 12.6 Å². The number of aliphatic hydroxyl groups is 2. The molecule has 2 atom stereocenters. The number of β-amino-alcohol motifs (C(OH)–C–C–N with tert-alkyl or cyclic N) is 1. The monoisotopic (exact) mass is 429 g/mol. The van der Waals surface area contributed by atoms with E-state index in [0.29, 0.717) is 6.54 Å². The standard InChI is InChI=1S/C25H39N3O3/c1-3-4-5-6-7-13-27-14-15-28(20(18-27)11-16-29)19-25(30)22-10-12-26-24-9-8-21(31-2)17-23(22)24/h8-10,12,17,20,25,29-30H,3-7,11,13-16,18-19H2,1-2H3. The van der Waals surface area contributed by atoms with Gasteiger partial charge in [0.1, 0.15) is 5.75 Å². The van der Waals surface area contributed by atoms with Crippen LogP contribution >= 0.6 is 0 Å². The smallest absolute Gasteiger partial charge is 0.119 e. The van der Waals surface area contributed by atoms with Crippen LogP contribution in [-0.4, -0.2) is 77.5 Å². The van der Waals surface area contributed by atoms with Crippen LogP contribution in [0.1, 0.15) is 57.1 Å². The maximum absolute atomic E-state index is 11.1. The predicted molar refractivity (Wildman–Crippen MR) is 126 cm³/mol. The second kappa shape index (κ2) is 12.3. The number of ether oxygens (including phenoxy) is 1. The highest BCUT2D eigenvalue weighted by atomic mass is 16.5. The maximum atomic E-state index is 11.1. The first-order chi connectivity index (χ1) is 15.2. The number of unbranched alkanes of at least 4 members (excludes halogenated alkanes) is 4. The third kappa shape index (κ3) is 6.62. The second-order valence-electron chi connectivity index (χ2n) is 8.67. The molecule has 2 aromatic rings. The number of aliphatic hydroxyl groups excluding tert-OH is 2. The number of benzene rings is 1. The Morgan fingerprint density at radius 2 is 2.00 bits per heavy atom. The van der Waals surface area contributed by atoms with Crippen molar-refractivity contribution in [2.45, 2.75) is 57.6 Å². The molecule has 1 aromatic carbocycles. The normalized spacial score (nSPS) is 19.0. The molecular formula is C25H39N3O3. The summed E-state index contributed by atoms with van der Waals surface area (Å²) in [5, 5.41) is 21.7. The number of hydrogen-bond acceptors (Lipinski definition) is 6. The molecule has 0 aliphatic carbocycles. The summed E-state index contributed by atoms with van der Waals surface area (Å²) in [6.45, 7) is 7.03. The summed E-state index contributed by atoms with van der Waals surface area (Å²) in [5.74, 6) is 0.764. The number of methoxy groups -OCH3 is 1. The first-order valence-corrected chi connectivity index (χ1v) is 11.8. The second-order valence-corrected chi connectivity index (χ2v) is 8.67. The zero-order valence-electron chi connectivity index (χ0n) is 19.2. The van der Waals surface area contributed by atoms with E-state index < -0.39 is 6.10 Å². The molecule has 1 aliphatic heterocycles. The highest BCUT2D eigenvalue weighted by molar-refractivity contribution is 5.83. The van der Waals surface area contributed by atoms with Gasteiger partial charge in [0.15, 0.2) is 0 Å². The Morgan fingerprint density at radius 1 is 1.16 bits per heavy atom. The maximum Gasteiger partial charge on any atom is 0.119 e. The molecule has 1 aliphatic rings. The lowest BCUT2D eigenvalue weighted by molar-refractivity contribution is 0.0226. The van der Waals surface area contributed by atoms with Gasteiger partial charge in [-0.2, -0.15) is 0 Å². The minimum atomic E-state index is -0.612. The SMILES string of the molecule is CCCCCCCN1CCN(CC(O)c2ccnc3ccc(OC)cc23)C(CCO)C1. The highest BCUT2D eigenvalue weighted by Gasteiger charge is 2.28. The molecule has 1 aromatic heterocycles. The van der Waals surface area contributed by atoms with E-state index >= 15 is 0 Å². The molecule has 1 fully saturated rings. The van der Waals surface area contributed by atoms with Crippen LogP contribution in [0.25, 0.3) is 10.9 Å². The molecular weight excluding hydrogens is 390 g/mol. The zero-order valence-corrected chi connectivity index (χ0v) is 19.2. The van der Waals surface area contributed by atoms with Crippen LogP contribution in [0.3, 0.4) is 0 Å². The fraction of sp³-hybridized carbons (Fsp3) is 0.640. The summed E-state index contributed by atoms with van der Waals surface area (Å²) in [4.78, 5) is 9.31. The van der Waals surface area contributed by atoms with Gasteiger partial charge in [-0.15, -0.1) is 0 Å². The van der Waals surface area contributed by atoms with Gasteiger partial charge in [-0.05, 0) is 49.2 Å². The third-order valence-corrected chi connectivity index (χ3v) is 6.48. The van der Waals surface area contributed by atoms with Gasteiger partial charge in [-0.3, -0.25) is 9.88 Å². The number of pyridine rings is 1. The van der Waals surface area contributed by atoms with Crippen LogP contribution in [0.15, 0.2) is 30.5 Å². The predicted octanol–water partition coefficient (Wildman–Crippen LogP) is 3.62. The molecule has 31 heavy (non-hydrogen) atoms. The van der Waals surface area contributed by atoms with Crippen molar-refractivity contribution < 1.29 is 14.9 Å². The van der Waals surface area contributed by atoms with Crippen molar-refractivity contribution in [3.8, 4) is 5.75 Å². The lowest BCUT2D eigenvalue weighted by Gasteiger charge is -2.42. The van der Waals surface area contributed by atoms with E-state index in [0.717, 1.165) is 54.8 Å². The average Bonchev–Trinajstić information content (AvgIpc) is 2.79. The van der Waals surface area contributed by atoms with Gasteiger partial charge in [0.25, 0.3) is 0 Å². The number of piperazine rings is 1. The Bertz CT molecular complexity index is 801. The van der Waals surface area contributed by atoms with Crippen LogP contribution < -0.4 is 4.74 Å². The van der Waals surface area contributed by atoms with E-state index in [1.807, 2.05) is 24.3 Å². The minimum absolute atomic E-state index is 0.178. The highest BCUT2D eigenvalue weighted by Crippen LogP contribution is 2.28. The van der Waals surface area contributed by atoms with Crippen molar-refractivity contribution in [3.05, 3.63) is 36.0 Å². The first-order valence-electron chi connectivity index (χ1n) is 11.8. The summed E-state index contributed by atoms with van der Waals surface area (Å²) >= 11 is 0. The molecule has 2 heterocycles. The Morgan fingerprint density at radius 3 is 2.77 bits per heavy atom. The van der Waals surface area contributed by atoms with Crippen molar-refractivity contribution >= 4 is 10.9 Å². The van der Waals surface area contributed by atoms with Crippen LogP contribution in [0, 0.1) is 0 Å². The number of aromatic nitrogens is 1. The quantitative estimate of drug-likeness (QED) is 0.502. The zero-order chi connectivity index (χ0) is 22.1. The van der Waals surface area contributed by atoms with Gasteiger partial charge in [-0.25, -0.2) is 0 Å². The molecule has 172 valence electrons. The Kier molecular flexibility index (Phi) is 9.53. The number of hydrogen-bond donors (Lipinski definition) is 2. The molecule has 6 nitrogen and oxygen atoms in total. The van der Waals surface area contributed by atoms with Crippen LogP contribution in [-0.2, 0) is 0 Å². The van der Waals surface area contributed by atoms with Gasteiger partial charge in [-0.1, -0.05) is 32.6 Å². The lowest BCUT2D eigenvalue weighted by atomic mass is 10.0. The van der Waals surface area contributed by atoms with E-state index in [9.17, 15) is 10.2 Å². The molecule has 0 saturated carbocycles. The molecule has 6 heteroatoms. The summed E-state index contributed by atoms with van der Waals surface area (Å²) in [5.41, 5.74) is 1.74. The van der Waals surface area contributed by atoms with Gasteiger partial charge < -0.3 is 19.8 Å². The minimum Gasteiger partial charge on any atom is -0.497 e. The molecule has 1 saturated heterocycles. The fourth-order valence-electron chi connectivity index (χ4n) is 4.65. The third-order valence-electron chi connectivity index (χ3n) is 6.48. The molecule has 0 spiro atoms. The first kappa shape index (κ1) is 23.9. The molecule has 0 radical (unpaired) electrons. The molecule has 2 N–H and O–H groups in total. The summed E-state index contributed by atoms with van der Waals surface area (Å²) in [7, 11) is 1.65.